The number of aromatic hydroxyl groups is 1. The monoisotopic (exact) mass is 229 g/mol. The maximum Gasteiger partial charge on any atom is 0.226 e. The molecule has 1 rings (SSSR count). The molecule has 0 aliphatic carbocycles. The minimum Gasteiger partial charge on any atom is -0.502 e. The molecule has 0 amide bonds. The van der Waals surface area contributed by atoms with Crippen LogP contribution < -0.4 is 11.2 Å². The van der Waals surface area contributed by atoms with Crippen molar-refractivity contribution in [3.63, 3.8) is 0 Å². The number of nitrogens with two attached hydrogens (primary N) is 1. The van der Waals surface area contributed by atoms with Gasteiger partial charge < -0.3 is 15.3 Å². The van der Waals surface area contributed by atoms with Crippen molar-refractivity contribution < 1.29 is 9.52 Å². The number of rotatable bonds is 4. The normalized spacial score (nSPS) is 11.7. The van der Waals surface area contributed by atoms with Crippen LogP contribution in [0.15, 0.2) is 21.5 Å². The first-order chi connectivity index (χ1) is 6.88. The molecule has 84 valence electrons. The van der Waals surface area contributed by atoms with E-state index >= 15 is 0 Å². The Morgan fingerprint density at radius 2 is 2.27 bits per heavy atom. The molecule has 0 bridgehead atoms. The van der Waals surface area contributed by atoms with E-state index in [9.17, 15) is 4.79 Å². The Balaban J connectivity index is 2.52. The quantitative estimate of drug-likeness (QED) is 0.814. The molecule has 3 N–H and O–H groups in total. The zero-order chi connectivity index (χ0) is 11.5. The van der Waals surface area contributed by atoms with Crippen molar-refractivity contribution >= 4 is 11.8 Å². The van der Waals surface area contributed by atoms with Crippen molar-refractivity contribution in [1.29, 1.82) is 0 Å². The van der Waals surface area contributed by atoms with Gasteiger partial charge in [-0.15, -0.1) is 0 Å². The minimum absolute atomic E-state index is 0.234. The molecule has 1 heterocycles. The molecule has 0 unspecified atom stereocenters. The highest BCUT2D eigenvalue weighted by molar-refractivity contribution is 7.98. The second-order valence-corrected chi connectivity index (χ2v) is 5.06. The SMILES string of the molecule is CC(C)(N)CSCc1cc(=O)c(O)co1. The van der Waals surface area contributed by atoms with Crippen molar-refractivity contribution in [2.75, 3.05) is 5.75 Å². The molecular formula is C10H15NO3S. The van der Waals surface area contributed by atoms with Gasteiger partial charge in [0.2, 0.25) is 5.43 Å². The summed E-state index contributed by atoms with van der Waals surface area (Å²) >= 11 is 1.59. The summed E-state index contributed by atoms with van der Waals surface area (Å²) in [5.74, 6) is 1.54. The van der Waals surface area contributed by atoms with Crippen molar-refractivity contribution in [1.82, 2.24) is 0 Å². The fraction of sp³-hybridized carbons (Fsp3) is 0.500. The van der Waals surface area contributed by atoms with Crippen LogP contribution in [-0.4, -0.2) is 16.4 Å². The van der Waals surface area contributed by atoms with Gasteiger partial charge in [-0.2, -0.15) is 11.8 Å². The first-order valence-corrected chi connectivity index (χ1v) is 5.71. The molecule has 1 aromatic rings. The third-order valence-corrected chi connectivity index (χ3v) is 3.02. The molecule has 0 saturated carbocycles. The average molecular weight is 229 g/mol. The lowest BCUT2D eigenvalue weighted by atomic mass is 10.1. The van der Waals surface area contributed by atoms with Gasteiger partial charge in [-0.1, -0.05) is 0 Å². The Bertz CT molecular complexity index is 381. The third kappa shape index (κ3) is 4.40. The van der Waals surface area contributed by atoms with Crippen LogP contribution in [0.1, 0.15) is 19.6 Å². The fourth-order valence-electron chi connectivity index (χ4n) is 0.934. The standard InChI is InChI=1S/C10H15NO3S/c1-10(2,11)6-15-5-7-3-8(12)9(13)4-14-7/h3-4,13H,5-6,11H2,1-2H3. The zero-order valence-electron chi connectivity index (χ0n) is 8.82. The van der Waals surface area contributed by atoms with Gasteiger partial charge in [0.15, 0.2) is 5.75 Å². The molecule has 0 fully saturated rings. The van der Waals surface area contributed by atoms with Gasteiger partial charge >= 0.3 is 0 Å². The van der Waals surface area contributed by atoms with E-state index in [4.69, 9.17) is 15.3 Å². The summed E-state index contributed by atoms with van der Waals surface area (Å²) in [6.07, 6.45) is 1.06. The predicted octanol–water partition coefficient (Wildman–Crippen LogP) is 1.32. The maximum absolute atomic E-state index is 11.1. The van der Waals surface area contributed by atoms with Crippen molar-refractivity contribution in [3.05, 3.63) is 28.3 Å². The summed E-state index contributed by atoms with van der Waals surface area (Å²) in [6.45, 7) is 3.87. The summed E-state index contributed by atoms with van der Waals surface area (Å²) in [5.41, 5.74) is 5.15. The second kappa shape index (κ2) is 4.72. The van der Waals surface area contributed by atoms with Crippen molar-refractivity contribution in [2.45, 2.75) is 25.1 Å². The number of hydrogen-bond donors (Lipinski definition) is 2. The van der Waals surface area contributed by atoms with E-state index in [1.165, 1.54) is 6.07 Å². The van der Waals surface area contributed by atoms with Crippen LogP contribution in [0.3, 0.4) is 0 Å². The van der Waals surface area contributed by atoms with Gasteiger partial charge in [0.1, 0.15) is 12.0 Å². The summed E-state index contributed by atoms with van der Waals surface area (Å²) in [7, 11) is 0. The lowest BCUT2D eigenvalue weighted by Crippen LogP contribution is -2.34. The molecule has 0 spiro atoms. The average Bonchev–Trinajstić information content (AvgIpc) is 2.09. The van der Waals surface area contributed by atoms with Gasteiger partial charge in [-0.25, -0.2) is 0 Å². The highest BCUT2D eigenvalue weighted by Crippen LogP contribution is 2.16. The highest BCUT2D eigenvalue weighted by Gasteiger charge is 2.11. The Hall–Kier alpha value is -0.940. The summed E-state index contributed by atoms with van der Waals surface area (Å²) in [4.78, 5) is 11.1. The molecule has 1 aromatic heterocycles. The smallest absolute Gasteiger partial charge is 0.226 e. The van der Waals surface area contributed by atoms with E-state index in [1.807, 2.05) is 13.8 Å². The van der Waals surface area contributed by atoms with Crippen LogP contribution in [0.5, 0.6) is 5.75 Å². The van der Waals surface area contributed by atoms with E-state index in [0.717, 1.165) is 12.0 Å². The predicted molar refractivity (Wildman–Crippen MR) is 61.1 cm³/mol. The van der Waals surface area contributed by atoms with Crippen molar-refractivity contribution in [3.8, 4) is 5.75 Å². The number of hydrogen-bond acceptors (Lipinski definition) is 5. The molecule has 0 radical (unpaired) electrons. The first kappa shape index (κ1) is 12.1. The van der Waals surface area contributed by atoms with Gasteiger partial charge in [0.05, 0.1) is 5.75 Å². The molecular weight excluding hydrogens is 214 g/mol. The van der Waals surface area contributed by atoms with Crippen LogP contribution in [0.2, 0.25) is 0 Å². The van der Waals surface area contributed by atoms with E-state index in [0.29, 0.717) is 11.5 Å². The molecule has 4 nitrogen and oxygen atoms in total. The van der Waals surface area contributed by atoms with Crippen LogP contribution in [0.25, 0.3) is 0 Å². The first-order valence-electron chi connectivity index (χ1n) is 4.56. The molecule has 0 saturated heterocycles. The Labute approximate surface area is 92.5 Å². The molecule has 0 aromatic carbocycles. The molecule has 5 heteroatoms. The van der Waals surface area contributed by atoms with E-state index in [1.54, 1.807) is 11.8 Å². The Kier molecular flexibility index (Phi) is 3.82. The maximum atomic E-state index is 11.1. The summed E-state index contributed by atoms with van der Waals surface area (Å²) in [6, 6.07) is 1.30. The van der Waals surface area contributed by atoms with Crippen LogP contribution >= 0.6 is 11.8 Å². The van der Waals surface area contributed by atoms with E-state index in [2.05, 4.69) is 0 Å². The van der Waals surface area contributed by atoms with E-state index < -0.39 is 5.43 Å². The van der Waals surface area contributed by atoms with Gasteiger partial charge in [-0.3, -0.25) is 4.79 Å². The molecule has 0 aliphatic heterocycles. The van der Waals surface area contributed by atoms with Crippen LogP contribution in [0, 0.1) is 0 Å². The second-order valence-electron chi connectivity index (χ2n) is 4.08. The third-order valence-electron chi connectivity index (χ3n) is 1.58. The molecule has 15 heavy (non-hydrogen) atoms. The lowest BCUT2D eigenvalue weighted by molar-refractivity contribution is 0.419. The van der Waals surface area contributed by atoms with Gasteiger partial charge in [-0.05, 0) is 13.8 Å². The van der Waals surface area contributed by atoms with Gasteiger partial charge in [0, 0.05) is 17.4 Å². The molecule has 0 aliphatic rings. The molecule has 0 atom stereocenters. The van der Waals surface area contributed by atoms with E-state index in [-0.39, 0.29) is 11.3 Å². The topological polar surface area (TPSA) is 76.5 Å². The van der Waals surface area contributed by atoms with Crippen molar-refractivity contribution in [2.24, 2.45) is 5.73 Å². The fourth-order valence-corrected chi connectivity index (χ4v) is 1.91. The number of thioether (sulfide) groups is 1. The minimum atomic E-state index is -0.413. The van der Waals surface area contributed by atoms with Gasteiger partial charge in [0.25, 0.3) is 0 Å². The largest absolute Gasteiger partial charge is 0.502 e. The van der Waals surface area contributed by atoms with Crippen LogP contribution in [-0.2, 0) is 5.75 Å². The van der Waals surface area contributed by atoms with Crippen LogP contribution in [0.4, 0.5) is 0 Å². The highest BCUT2D eigenvalue weighted by atomic mass is 32.2. The lowest BCUT2D eigenvalue weighted by Gasteiger charge is -2.16. The summed E-state index contributed by atoms with van der Waals surface area (Å²) in [5, 5.41) is 8.97. The zero-order valence-corrected chi connectivity index (χ0v) is 9.63. The Morgan fingerprint density at radius 1 is 1.60 bits per heavy atom. The Morgan fingerprint density at radius 3 is 2.80 bits per heavy atom. The summed E-state index contributed by atoms with van der Waals surface area (Å²) < 4.78 is 5.04.